The Kier molecular flexibility index (Phi) is 13.1. The summed E-state index contributed by atoms with van der Waals surface area (Å²) < 4.78 is 21.1. The van der Waals surface area contributed by atoms with Gasteiger partial charge in [0.1, 0.15) is 0 Å². The Morgan fingerprint density at radius 2 is 1.19 bits per heavy atom. The molecule has 1 atom stereocenters. The number of rotatable bonds is 18. The van der Waals surface area contributed by atoms with E-state index in [1.807, 2.05) is 0 Å². The molecule has 156 valence electrons. The maximum absolute atomic E-state index is 11.0. The minimum absolute atomic E-state index is 0.527. The fraction of sp³-hybridized carbons (Fsp3) is 1.00. The van der Waals surface area contributed by atoms with Crippen LogP contribution in [0.2, 0.25) is 0 Å². The number of ether oxygens (including phenoxy) is 1. The van der Waals surface area contributed by atoms with Gasteiger partial charge in [0.25, 0.3) is 0 Å². The molecule has 0 aromatic carbocycles. The lowest BCUT2D eigenvalue weighted by Gasteiger charge is -2.41. The van der Waals surface area contributed by atoms with Crippen LogP contribution in [0, 0.1) is 0 Å². The van der Waals surface area contributed by atoms with Crippen LogP contribution in [0.3, 0.4) is 0 Å². The number of phosphoric acid groups is 1. The third-order valence-corrected chi connectivity index (χ3v) is 5.87. The summed E-state index contributed by atoms with van der Waals surface area (Å²) in [7, 11) is -4.47. The summed E-state index contributed by atoms with van der Waals surface area (Å²) >= 11 is 0. The van der Waals surface area contributed by atoms with E-state index in [4.69, 9.17) is 19.0 Å². The van der Waals surface area contributed by atoms with Crippen LogP contribution in [-0.4, -0.2) is 22.2 Å². The van der Waals surface area contributed by atoms with Crippen LogP contribution in [0.4, 0.5) is 0 Å². The summed E-state index contributed by atoms with van der Waals surface area (Å²) in [6, 6.07) is 0. The molecule has 1 heterocycles. The smallest absolute Gasteiger partial charge is 0.349 e. The molecule has 1 aliphatic heterocycles. The van der Waals surface area contributed by atoms with Gasteiger partial charge in [-0.1, -0.05) is 96.8 Å². The molecular formula is C20H41O5P. The van der Waals surface area contributed by atoms with E-state index >= 15 is 0 Å². The van der Waals surface area contributed by atoms with Crippen molar-refractivity contribution in [2.75, 3.05) is 6.61 Å². The quantitative estimate of drug-likeness (QED) is 0.206. The molecule has 1 aliphatic rings. The molecule has 0 aliphatic carbocycles. The van der Waals surface area contributed by atoms with Crippen molar-refractivity contribution in [1.29, 1.82) is 0 Å². The molecule has 2 N–H and O–H groups in total. The van der Waals surface area contributed by atoms with E-state index in [1.165, 1.54) is 83.5 Å². The summed E-state index contributed by atoms with van der Waals surface area (Å²) in [5, 5.41) is 0. The Hall–Kier alpha value is 0.0700. The van der Waals surface area contributed by atoms with Crippen molar-refractivity contribution in [3.63, 3.8) is 0 Å². The highest BCUT2D eigenvalue weighted by molar-refractivity contribution is 7.46. The Labute approximate surface area is 160 Å². The normalized spacial score (nSPS) is 20.3. The third-order valence-electron chi connectivity index (χ3n) is 5.29. The van der Waals surface area contributed by atoms with Crippen LogP contribution < -0.4 is 0 Å². The Bertz CT molecular complexity index is 378. The van der Waals surface area contributed by atoms with Gasteiger partial charge in [-0.25, -0.2) is 4.57 Å². The SMILES string of the molecule is CCCCCCCCCCCCCCCCCC1(OP(=O)(O)O)CCO1. The zero-order valence-corrected chi connectivity index (χ0v) is 17.7. The maximum Gasteiger partial charge on any atom is 0.472 e. The topological polar surface area (TPSA) is 76.0 Å². The second-order valence-electron chi connectivity index (χ2n) is 7.79. The number of hydrogen-bond donors (Lipinski definition) is 2. The van der Waals surface area contributed by atoms with E-state index in [9.17, 15) is 4.57 Å². The minimum atomic E-state index is -4.47. The summed E-state index contributed by atoms with van der Waals surface area (Å²) in [5.74, 6) is -1.02. The second kappa shape index (κ2) is 14.1. The van der Waals surface area contributed by atoms with Crippen molar-refractivity contribution in [2.24, 2.45) is 0 Å². The molecule has 5 nitrogen and oxygen atoms in total. The highest BCUT2D eigenvalue weighted by Crippen LogP contribution is 2.48. The predicted molar refractivity (Wildman–Crippen MR) is 106 cm³/mol. The zero-order chi connectivity index (χ0) is 19.1. The van der Waals surface area contributed by atoms with Crippen LogP contribution in [-0.2, 0) is 13.8 Å². The molecule has 0 amide bonds. The number of hydrogen-bond acceptors (Lipinski definition) is 3. The van der Waals surface area contributed by atoms with Gasteiger partial charge in [0, 0.05) is 12.8 Å². The van der Waals surface area contributed by atoms with Crippen molar-refractivity contribution in [3.8, 4) is 0 Å². The van der Waals surface area contributed by atoms with Gasteiger partial charge in [0.2, 0.25) is 0 Å². The molecule has 1 rings (SSSR count). The third kappa shape index (κ3) is 12.5. The molecule has 0 saturated carbocycles. The molecule has 26 heavy (non-hydrogen) atoms. The van der Waals surface area contributed by atoms with Gasteiger partial charge in [-0.05, 0) is 6.42 Å². The zero-order valence-electron chi connectivity index (χ0n) is 16.8. The molecular weight excluding hydrogens is 351 g/mol. The Morgan fingerprint density at radius 3 is 1.50 bits per heavy atom. The molecule has 0 aromatic rings. The van der Waals surface area contributed by atoms with Gasteiger partial charge < -0.3 is 14.5 Å². The largest absolute Gasteiger partial charge is 0.472 e. The molecule has 0 radical (unpaired) electrons. The lowest BCUT2D eigenvalue weighted by atomic mass is 9.99. The summed E-state index contributed by atoms with van der Waals surface area (Å²) in [5.41, 5.74) is 0. The second-order valence-corrected chi connectivity index (χ2v) is 8.95. The van der Waals surface area contributed by atoms with E-state index in [1.54, 1.807) is 0 Å². The average molecular weight is 393 g/mol. The van der Waals surface area contributed by atoms with Gasteiger partial charge in [-0.2, -0.15) is 0 Å². The van der Waals surface area contributed by atoms with Gasteiger partial charge in [0.05, 0.1) is 6.61 Å². The van der Waals surface area contributed by atoms with Gasteiger partial charge >= 0.3 is 7.82 Å². The number of unbranched alkanes of at least 4 members (excludes halogenated alkanes) is 14. The van der Waals surface area contributed by atoms with Crippen LogP contribution in [0.25, 0.3) is 0 Å². The molecule has 0 aromatic heterocycles. The van der Waals surface area contributed by atoms with Crippen molar-refractivity contribution >= 4 is 7.82 Å². The summed E-state index contributed by atoms with van der Waals surface area (Å²) in [6.45, 7) is 2.79. The average Bonchev–Trinajstić information content (AvgIpc) is 2.54. The lowest BCUT2D eigenvalue weighted by Crippen LogP contribution is -2.45. The van der Waals surface area contributed by atoms with E-state index < -0.39 is 13.6 Å². The van der Waals surface area contributed by atoms with Crippen molar-refractivity contribution in [3.05, 3.63) is 0 Å². The summed E-state index contributed by atoms with van der Waals surface area (Å²) in [4.78, 5) is 17.9. The fourth-order valence-electron chi connectivity index (χ4n) is 3.63. The van der Waals surface area contributed by atoms with Gasteiger partial charge in [-0.3, -0.25) is 4.52 Å². The van der Waals surface area contributed by atoms with Crippen molar-refractivity contribution in [1.82, 2.24) is 0 Å². The molecule has 0 spiro atoms. The maximum atomic E-state index is 11.0. The van der Waals surface area contributed by atoms with Crippen molar-refractivity contribution < 1.29 is 23.6 Å². The first-order valence-corrected chi connectivity index (χ1v) is 12.4. The van der Waals surface area contributed by atoms with Gasteiger partial charge in [0.15, 0.2) is 5.79 Å². The fourth-order valence-corrected chi connectivity index (χ4v) is 4.30. The van der Waals surface area contributed by atoms with Gasteiger partial charge in [-0.15, -0.1) is 0 Å². The lowest BCUT2D eigenvalue weighted by molar-refractivity contribution is -0.274. The monoisotopic (exact) mass is 392 g/mol. The number of phosphoric ester groups is 1. The molecule has 1 fully saturated rings. The summed E-state index contributed by atoms with van der Waals surface area (Å²) in [6.07, 6.45) is 20.7. The molecule has 6 heteroatoms. The first kappa shape index (κ1) is 24.1. The Morgan fingerprint density at radius 1 is 0.808 bits per heavy atom. The highest BCUT2D eigenvalue weighted by atomic mass is 31.2. The Balaban J connectivity index is 1.83. The predicted octanol–water partition coefficient (Wildman–Crippen LogP) is 6.47. The molecule has 1 unspecified atom stereocenters. The molecule has 1 saturated heterocycles. The molecule has 0 bridgehead atoms. The van der Waals surface area contributed by atoms with E-state index in [0.29, 0.717) is 19.4 Å². The first-order valence-electron chi connectivity index (χ1n) is 10.9. The highest BCUT2D eigenvalue weighted by Gasteiger charge is 2.44. The van der Waals surface area contributed by atoms with Crippen molar-refractivity contribution in [2.45, 2.75) is 122 Å². The minimum Gasteiger partial charge on any atom is -0.349 e. The van der Waals surface area contributed by atoms with Crippen LogP contribution in [0.5, 0.6) is 0 Å². The first-order chi connectivity index (χ1) is 12.5. The van der Waals surface area contributed by atoms with Crippen LogP contribution in [0.1, 0.15) is 116 Å². The van der Waals surface area contributed by atoms with E-state index in [0.717, 1.165) is 12.8 Å². The van der Waals surface area contributed by atoms with Crippen LogP contribution in [0.15, 0.2) is 0 Å². The van der Waals surface area contributed by atoms with E-state index in [-0.39, 0.29) is 0 Å². The standard InChI is InChI=1S/C20H41O5P/c1-2-3-4-5-6-7-8-9-10-11-12-13-14-15-16-17-20(18-19-24-20)25-26(21,22)23/h2-19H2,1H3,(H2,21,22,23). The van der Waals surface area contributed by atoms with Crippen LogP contribution >= 0.6 is 7.82 Å². The van der Waals surface area contributed by atoms with E-state index in [2.05, 4.69) is 6.92 Å².